The number of aliphatic hydroxyl groups excluding tert-OH is 9. The zero-order chi connectivity index (χ0) is 23.9. The van der Waals surface area contributed by atoms with Crippen molar-refractivity contribution in [3.63, 3.8) is 0 Å². The number of rotatable bonds is 5. The predicted octanol–water partition coefficient (Wildman–Crippen LogP) is -5.52. The summed E-state index contributed by atoms with van der Waals surface area (Å²) in [7, 11) is 0. The lowest BCUT2D eigenvalue weighted by Crippen LogP contribution is -2.65. The van der Waals surface area contributed by atoms with E-state index in [2.05, 4.69) is 0 Å². The van der Waals surface area contributed by atoms with E-state index in [0.29, 0.717) is 0 Å². The zero-order valence-corrected chi connectivity index (χ0v) is 17.4. The van der Waals surface area contributed by atoms with Gasteiger partial charge in [-0.05, 0) is 13.8 Å². The maximum absolute atomic E-state index is 10.7. The van der Waals surface area contributed by atoms with Crippen molar-refractivity contribution in [1.29, 1.82) is 0 Å². The number of hydrogen-bond acceptors (Lipinski definition) is 14. The molecule has 0 aliphatic carbocycles. The number of ether oxygens (including phenoxy) is 5. The van der Waals surface area contributed by atoms with E-state index < -0.39 is 98.7 Å². The second kappa shape index (κ2) is 10.4. The van der Waals surface area contributed by atoms with Crippen molar-refractivity contribution in [2.24, 2.45) is 0 Å². The molecule has 0 spiro atoms. The second-order valence-corrected chi connectivity index (χ2v) is 8.30. The molecule has 0 aromatic heterocycles. The molecule has 1 unspecified atom stereocenters. The smallest absolute Gasteiger partial charge is 0.187 e. The van der Waals surface area contributed by atoms with Gasteiger partial charge in [0.1, 0.15) is 61.0 Å². The van der Waals surface area contributed by atoms with Crippen LogP contribution < -0.4 is 0 Å². The van der Waals surface area contributed by atoms with Gasteiger partial charge in [0, 0.05) is 0 Å². The normalized spacial score (nSPS) is 55.0. The standard InChI is InChI=1S/C18H32O14/c1-4-7(20)10(23)12(25)17(28-4)31-14-8(21)5(2)29-18(13(14)26)32-15-11(24)9(22)6(3-19)30-16(15)27/h4-27H,3H2,1-2H3/t4-,5-,6+,7-,8-,9-,10+,11-,12+,13+,14+,15+,16?,17-,18-/m0/s1. The van der Waals surface area contributed by atoms with Crippen molar-refractivity contribution in [3.8, 4) is 0 Å². The second-order valence-electron chi connectivity index (χ2n) is 8.30. The summed E-state index contributed by atoms with van der Waals surface area (Å²) in [6, 6.07) is 0. The Morgan fingerprint density at radius 3 is 1.69 bits per heavy atom. The van der Waals surface area contributed by atoms with E-state index in [1.165, 1.54) is 13.8 Å². The molecule has 3 heterocycles. The van der Waals surface area contributed by atoms with Crippen molar-refractivity contribution in [2.75, 3.05) is 6.61 Å². The molecular formula is C18H32O14. The van der Waals surface area contributed by atoms with Gasteiger partial charge < -0.3 is 69.6 Å². The third-order valence-electron chi connectivity index (χ3n) is 6.02. The van der Waals surface area contributed by atoms with E-state index in [1.54, 1.807) is 0 Å². The van der Waals surface area contributed by atoms with E-state index in [4.69, 9.17) is 28.8 Å². The molecule has 14 nitrogen and oxygen atoms in total. The summed E-state index contributed by atoms with van der Waals surface area (Å²) >= 11 is 0. The van der Waals surface area contributed by atoms with Crippen LogP contribution in [0.1, 0.15) is 13.8 Å². The van der Waals surface area contributed by atoms with Crippen LogP contribution >= 0.6 is 0 Å². The van der Waals surface area contributed by atoms with Gasteiger partial charge in [-0.1, -0.05) is 0 Å². The highest BCUT2D eigenvalue weighted by Crippen LogP contribution is 2.31. The fraction of sp³-hybridized carbons (Fsp3) is 1.00. The molecule has 15 atom stereocenters. The van der Waals surface area contributed by atoms with Crippen molar-refractivity contribution >= 4 is 0 Å². The Balaban J connectivity index is 1.72. The maximum Gasteiger partial charge on any atom is 0.187 e. The number of hydrogen-bond donors (Lipinski definition) is 9. The molecule has 3 fully saturated rings. The molecule has 0 aromatic carbocycles. The molecule has 3 aliphatic heterocycles. The first-order valence-corrected chi connectivity index (χ1v) is 10.3. The molecule has 0 radical (unpaired) electrons. The summed E-state index contributed by atoms with van der Waals surface area (Å²) in [4.78, 5) is 0. The predicted molar refractivity (Wildman–Crippen MR) is 98.4 cm³/mol. The molecule has 3 rings (SSSR count). The average Bonchev–Trinajstić information content (AvgIpc) is 2.76. The van der Waals surface area contributed by atoms with Gasteiger partial charge in [0.2, 0.25) is 0 Å². The van der Waals surface area contributed by atoms with Crippen LogP contribution in [0.3, 0.4) is 0 Å². The molecule has 14 heteroatoms. The molecule has 32 heavy (non-hydrogen) atoms. The Labute approximate surface area is 183 Å². The Morgan fingerprint density at radius 1 is 0.562 bits per heavy atom. The first-order chi connectivity index (χ1) is 15.0. The van der Waals surface area contributed by atoms with E-state index in [-0.39, 0.29) is 0 Å². The lowest BCUT2D eigenvalue weighted by atomic mass is 9.96. The van der Waals surface area contributed by atoms with Crippen molar-refractivity contribution in [2.45, 2.75) is 106 Å². The fourth-order valence-corrected chi connectivity index (χ4v) is 3.92. The molecule has 0 saturated carbocycles. The van der Waals surface area contributed by atoms with E-state index in [9.17, 15) is 40.9 Å². The van der Waals surface area contributed by atoms with Crippen LogP contribution in [0.5, 0.6) is 0 Å². The maximum atomic E-state index is 10.7. The van der Waals surface area contributed by atoms with Gasteiger partial charge in [0.25, 0.3) is 0 Å². The molecule has 3 aliphatic rings. The van der Waals surface area contributed by atoms with E-state index in [0.717, 1.165) is 0 Å². The van der Waals surface area contributed by atoms with Crippen molar-refractivity contribution < 1.29 is 69.6 Å². The monoisotopic (exact) mass is 472 g/mol. The van der Waals surface area contributed by atoms with Crippen molar-refractivity contribution in [3.05, 3.63) is 0 Å². The highest BCUT2D eigenvalue weighted by atomic mass is 16.7. The Morgan fingerprint density at radius 2 is 1.09 bits per heavy atom. The van der Waals surface area contributed by atoms with Gasteiger partial charge in [0.05, 0.1) is 18.8 Å². The van der Waals surface area contributed by atoms with Gasteiger partial charge in [-0.25, -0.2) is 0 Å². The molecule has 0 bridgehead atoms. The van der Waals surface area contributed by atoms with Gasteiger partial charge in [-0.3, -0.25) is 0 Å². The zero-order valence-electron chi connectivity index (χ0n) is 17.4. The summed E-state index contributed by atoms with van der Waals surface area (Å²) in [6.07, 6.45) is -22.4. The van der Waals surface area contributed by atoms with Crippen LogP contribution in [0.25, 0.3) is 0 Å². The fourth-order valence-electron chi connectivity index (χ4n) is 3.92. The average molecular weight is 472 g/mol. The SMILES string of the molecule is C[C@@H]1O[C@@H](O[C@@H]2[C@@H](O)[C@H](C)O[C@@H](O[C@H]3C(O)O[C@H](CO)[C@H](O)[C@@H]3O)[C@@H]2O)[C@H](O)[C@H](O)[C@H]1O. The van der Waals surface area contributed by atoms with E-state index in [1.807, 2.05) is 0 Å². The summed E-state index contributed by atoms with van der Waals surface area (Å²) in [5, 5.41) is 90.5. The molecular weight excluding hydrogens is 440 g/mol. The van der Waals surface area contributed by atoms with Crippen LogP contribution in [0, 0.1) is 0 Å². The summed E-state index contributed by atoms with van der Waals surface area (Å²) < 4.78 is 26.7. The Kier molecular flexibility index (Phi) is 8.44. The molecule has 9 N–H and O–H groups in total. The molecule has 3 saturated heterocycles. The van der Waals surface area contributed by atoms with Crippen LogP contribution in [-0.2, 0) is 23.7 Å². The largest absolute Gasteiger partial charge is 0.394 e. The quantitative estimate of drug-likeness (QED) is 0.182. The van der Waals surface area contributed by atoms with Gasteiger partial charge in [-0.2, -0.15) is 0 Å². The van der Waals surface area contributed by atoms with Crippen LogP contribution in [0.4, 0.5) is 0 Å². The summed E-state index contributed by atoms with van der Waals surface area (Å²) in [6.45, 7) is 2.17. The highest BCUT2D eigenvalue weighted by Gasteiger charge is 2.52. The molecule has 0 aromatic rings. The lowest BCUT2D eigenvalue weighted by molar-refractivity contribution is -0.378. The first kappa shape index (κ1) is 26.1. The highest BCUT2D eigenvalue weighted by molar-refractivity contribution is 4.95. The minimum absolute atomic E-state index is 0.674. The third kappa shape index (κ3) is 4.94. The van der Waals surface area contributed by atoms with Gasteiger partial charge >= 0.3 is 0 Å². The summed E-state index contributed by atoms with van der Waals surface area (Å²) in [5.41, 5.74) is 0. The van der Waals surface area contributed by atoms with Crippen LogP contribution in [0.15, 0.2) is 0 Å². The Hall–Kier alpha value is -0.560. The third-order valence-corrected chi connectivity index (χ3v) is 6.02. The van der Waals surface area contributed by atoms with Gasteiger partial charge in [-0.15, -0.1) is 0 Å². The molecule has 188 valence electrons. The first-order valence-electron chi connectivity index (χ1n) is 10.3. The van der Waals surface area contributed by atoms with E-state index >= 15 is 0 Å². The van der Waals surface area contributed by atoms with Crippen LogP contribution in [-0.4, -0.2) is 145 Å². The summed E-state index contributed by atoms with van der Waals surface area (Å²) in [5.74, 6) is 0. The number of aliphatic hydroxyl groups is 9. The topological polar surface area (TPSA) is 228 Å². The van der Waals surface area contributed by atoms with Gasteiger partial charge in [0.15, 0.2) is 18.9 Å². The lowest BCUT2D eigenvalue weighted by Gasteiger charge is -2.47. The van der Waals surface area contributed by atoms with Crippen molar-refractivity contribution in [1.82, 2.24) is 0 Å². The Bertz CT molecular complexity index is 610. The molecule has 0 amide bonds. The minimum atomic E-state index is -1.79. The van der Waals surface area contributed by atoms with Crippen LogP contribution in [0.2, 0.25) is 0 Å². The minimum Gasteiger partial charge on any atom is -0.394 e.